The van der Waals surface area contributed by atoms with Crippen molar-refractivity contribution in [1.82, 2.24) is 4.90 Å². The number of amidine groups is 1. The molecule has 5 atom stereocenters. The third-order valence-electron chi connectivity index (χ3n) is 5.43. The minimum atomic E-state index is -1.05. The quantitative estimate of drug-likeness (QED) is 0.710. The largest absolute Gasteiger partial charge is 0.390 e. The molecule has 4 rings (SSSR count). The lowest BCUT2D eigenvalue weighted by molar-refractivity contribution is -0.128. The maximum absolute atomic E-state index is 13.3. The predicted molar refractivity (Wildman–Crippen MR) is 110 cm³/mol. The summed E-state index contributed by atoms with van der Waals surface area (Å²) in [6.07, 6.45) is -1.98. The van der Waals surface area contributed by atoms with Crippen LogP contribution in [0.5, 0.6) is 0 Å². The molecule has 1 saturated carbocycles. The van der Waals surface area contributed by atoms with Gasteiger partial charge in [0.25, 0.3) is 0 Å². The van der Waals surface area contributed by atoms with Crippen LogP contribution in [-0.2, 0) is 11.3 Å². The summed E-state index contributed by atoms with van der Waals surface area (Å²) >= 11 is 1.39. The highest BCUT2D eigenvalue weighted by Crippen LogP contribution is 2.45. The second-order valence-corrected chi connectivity index (χ2v) is 8.51. The lowest BCUT2D eigenvalue weighted by atomic mass is 9.80. The number of aliphatic hydroxyl groups is 2. The number of primary amides is 1. The van der Waals surface area contributed by atoms with E-state index in [0.29, 0.717) is 11.7 Å². The minimum absolute atomic E-state index is 0.119. The Morgan fingerprint density at radius 1 is 1.17 bits per heavy atom. The maximum atomic E-state index is 13.3. The first kappa shape index (κ1) is 19.9. The number of hydrogen-bond donors (Lipinski definition) is 3. The van der Waals surface area contributed by atoms with Gasteiger partial charge in [-0.15, -0.1) is 0 Å². The van der Waals surface area contributed by atoms with Crippen molar-refractivity contribution in [2.45, 2.75) is 36.5 Å². The van der Waals surface area contributed by atoms with Crippen LogP contribution < -0.4 is 5.73 Å². The van der Waals surface area contributed by atoms with Gasteiger partial charge in [0, 0.05) is 11.8 Å². The summed E-state index contributed by atoms with van der Waals surface area (Å²) in [7, 11) is 0. The lowest BCUT2D eigenvalue weighted by Crippen LogP contribution is -2.58. The zero-order valence-corrected chi connectivity index (χ0v) is 16.4. The average molecular weight is 415 g/mol. The van der Waals surface area contributed by atoms with Gasteiger partial charge < -0.3 is 20.8 Å². The Labute approximate surface area is 172 Å². The van der Waals surface area contributed by atoms with Crippen molar-refractivity contribution in [3.8, 4) is 0 Å². The molecule has 1 amide bonds. The average Bonchev–Trinajstić information content (AvgIpc) is 3.05. The van der Waals surface area contributed by atoms with E-state index < -0.39 is 30.1 Å². The predicted octanol–water partition coefficient (Wildman–Crippen LogP) is 2.03. The Bertz CT molecular complexity index is 909. The second kappa shape index (κ2) is 8.14. The number of thioether (sulfide) groups is 1. The van der Waals surface area contributed by atoms with Crippen molar-refractivity contribution in [3.63, 3.8) is 0 Å². The van der Waals surface area contributed by atoms with Gasteiger partial charge in [-0.25, -0.2) is 9.38 Å². The molecule has 1 aliphatic carbocycles. The molecule has 2 aromatic rings. The smallest absolute Gasteiger partial charge is 0.221 e. The van der Waals surface area contributed by atoms with Gasteiger partial charge >= 0.3 is 0 Å². The molecule has 1 heterocycles. The van der Waals surface area contributed by atoms with Gasteiger partial charge in [0.05, 0.1) is 23.8 Å². The van der Waals surface area contributed by atoms with E-state index in [9.17, 15) is 19.4 Å². The Morgan fingerprint density at radius 3 is 2.52 bits per heavy atom. The summed E-state index contributed by atoms with van der Waals surface area (Å²) in [4.78, 5) is 18.6. The van der Waals surface area contributed by atoms with Crippen molar-refractivity contribution in [2.75, 3.05) is 0 Å². The number of nitrogens with zero attached hydrogens (tertiary/aromatic N) is 2. The van der Waals surface area contributed by atoms with Gasteiger partial charge in [-0.1, -0.05) is 42.1 Å². The van der Waals surface area contributed by atoms with Gasteiger partial charge in [0.1, 0.15) is 11.9 Å². The van der Waals surface area contributed by atoms with E-state index in [4.69, 9.17) is 10.7 Å². The summed E-state index contributed by atoms with van der Waals surface area (Å²) in [5.41, 5.74) is 7.17. The number of aliphatic imine (C=N–C) groups is 1. The first-order chi connectivity index (χ1) is 13.9. The number of hydrogen-bond acceptors (Lipinski definition) is 5. The molecule has 152 valence electrons. The van der Waals surface area contributed by atoms with E-state index in [1.165, 1.54) is 23.9 Å². The Kier molecular flexibility index (Phi) is 5.58. The van der Waals surface area contributed by atoms with Crippen LogP contribution in [0.1, 0.15) is 12.0 Å². The van der Waals surface area contributed by atoms with Gasteiger partial charge in [0.15, 0.2) is 5.17 Å². The molecule has 2 aliphatic rings. The summed E-state index contributed by atoms with van der Waals surface area (Å²) in [5.74, 6) is -1.41. The monoisotopic (exact) mass is 415 g/mol. The van der Waals surface area contributed by atoms with Crippen molar-refractivity contribution in [1.29, 1.82) is 0 Å². The summed E-state index contributed by atoms with van der Waals surface area (Å²) in [6, 6.07) is 14.9. The standard InChI is InChI=1S/C21H22FN3O3S/c22-13-8-6-12(7-9-13)11-25-17-18(27)16(26)10-15(20(23)28)19(17)29-21(25)24-14-4-2-1-3-5-14/h1-9,15-19,26-27H,10-11H2,(H2,23,28)/t15-,16+,17-,18-,19+/m0/s1. The zero-order valence-electron chi connectivity index (χ0n) is 15.6. The fourth-order valence-corrected chi connectivity index (χ4v) is 5.55. The van der Waals surface area contributed by atoms with E-state index >= 15 is 0 Å². The van der Waals surface area contributed by atoms with Crippen LogP contribution in [0.15, 0.2) is 59.6 Å². The van der Waals surface area contributed by atoms with E-state index in [2.05, 4.69) is 0 Å². The molecular formula is C21H22FN3O3S. The van der Waals surface area contributed by atoms with Crippen LogP contribution in [0.2, 0.25) is 0 Å². The molecule has 29 heavy (non-hydrogen) atoms. The highest BCUT2D eigenvalue weighted by atomic mass is 32.2. The van der Waals surface area contributed by atoms with Crippen LogP contribution in [0.3, 0.4) is 0 Å². The number of nitrogens with two attached hydrogens (primary N) is 1. The van der Waals surface area contributed by atoms with Gasteiger partial charge in [0.2, 0.25) is 5.91 Å². The highest BCUT2D eigenvalue weighted by Gasteiger charge is 2.54. The number of para-hydroxylation sites is 1. The molecule has 4 N–H and O–H groups in total. The molecule has 0 unspecified atom stereocenters. The molecule has 0 radical (unpaired) electrons. The number of carbonyl (C=O) groups is 1. The van der Waals surface area contributed by atoms with E-state index in [1.54, 1.807) is 12.1 Å². The Morgan fingerprint density at radius 2 is 1.86 bits per heavy atom. The molecule has 0 aromatic heterocycles. The van der Waals surface area contributed by atoms with Crippen molar-refractivity contribution < 1.29 is 19.4 Å². The van der Waals surface area contributed by atoms with Crippen LogP contribution in [0.4, 0.5) is 10.1 Å². The molecule has 1 saturated heterocycles. The van der Waals surface area contributed by atoms with E-state index in [1.807, 2.05) is 35.2 Å². The maximum Gasteiger partial charge on any atom is 0.221 e. The molecular weight excluding hydrogens is 393 g/mol. The summed E-state index contributed by atoms with van der Waals surface area (Å²) < 4.78 is 13.3. The van der Waals surface area contributed by atoms with Crippen LogP contribution >= 0.6 is 11.8 Å². The van der Waals surface area contributed by atoms with Crippen molar-refractivity contribution in [2.24, 2.45) is 16.6 Å². The summed E-state index contributed by atoms with van der Waals surface area (Å²) in [5, 5.41) is 21.4. The zero-order chi connectivity index (χ0) is 20.5. The summed E-state index contributed by atoms with van der Waals surface area (Å²) in [6.45, 7) is 0.357. The van der Waals surface area contributed by atoms with Crippen molar-refractivity contribution >= 4 is 28.5 Å². The minimum Gasteiger partial charge on any atom is -0.390 e. The Balaban J connectivity index is 1.73. The third-order valence-corrected chi connectivity index (χ3v) is 6.85. The Hall–Kier alpha value is -2.42. The number of carbonyl (C=O) groups excluding carboxylic acids is 1. The van der Waals surface area contributed by atoms with Gasteiger partial charge in [-0.05, 0) is 36.2 Å². The fourth-order valence-electron chi connectivity index (χ4n) is 3.97. The van der Waals surface area contributed by atoms with Crippen LogP contribution in [0, 0.1) is 11.7 Å². The number of aliphatic hydroxyl groups excluding tert-OH is 2. The first-order valence-electron chi connectivity index (χ1n) is 9.41. The molecule has 0 spiro atoms. The number of amides is 1. The van der Waals surface area contributed by atoms with Crippen LogP contribution in [0.25, 0.3) is 0 Å². The molecule has 8 heteroatoms. The molecule has 2 fully saturated rings. The van der Waals surface area contributed by atoms with Crippen LogP contribution in [-0.4, -0.2) is 49.7 Å². The molecule has 2 aromatic carbocycles. The topological polar surface area (TPSA) is 99.2 Å². The number of rotatable bonds is 4. The first-order valence-corrected chi connectivity index (χ1v) is 10.3. The number of halogens is 1. The lowest BCUT2D eigenvalue weighted by Gasteiger charge is -2.41. The normalized spacial score (nSPS) is 30.4. The second-order valence-electron chi connectivity index (χ2n) is 7.36. The number of benzene rings is 2. The molecule has 1 aliphatic heterocycles. The van der Waals surface area contributed by atoms with Gasteiger partial charge in [-0.2, -0.15) is 0 Å². The van der Waals surface area contributed by atoms with E-state index in [0.717, 1.165) is 11.3 Å². The van der Waals surface area contributed by atoms with Gasteiger partial charge in [-0.3, -0.25) is 4.79 Å². The molecule has 0 bridgehead atoms. The fraction of sp³-hybridized carbons (Fsp3) is 0.333. The SMILES string of the molecule is NC(=O)[C@H]1C[C@@H](O)[C@H](O)[C@H]2[C@@H]1SC(=Nc1ccccc1)N2Cc1ccc(F)cc1. The number of fused-ring (bicyclic) bond motifs is 1. The van der Waals surface area contributed by atoms with Crippen molar-refractivity contribution in [3.05, 3.63) is 66.0 Å². The third kappa shape index (κ3) is 4.01. The van der Waals surface area contributed by atoms with E-state index in [-0.39, 0.29) is 17.5 Å². The molecule has 6 nitrogen and oxygen atoms in total. The highest BCUT2D eigenvalue weighted by molar-refractivity contribution is 8.14.